The second-order valence-corrected chi connectivity index (χ2v) is 5.62. The first-order valence-electron chi connectivity index (χ1n) is 7.43. The number of nitrogens with two attached hydrogens (primary N) is 1. The van der Waals surface area contributed by atoms with Gasteiger partial charge in [0.25, 0.3) is 5.91 Å². The van der Waals surface area contributed by atoms with Gasteiger partial charge in [-0.15, -0.1) is 5.10 Å². The maximum atomic E-state index is 12.3. The van der Waals surface area contributed by atoms with Crippen molar-refractivity contribution in [3.8, 4) is 5.75 Å². The zero-order valence-corrected chi connectivity index (χ0v) is 13.7. The molecule has 1 heterocycles. The SMILES string of the molecule is CC(C)n1cc(CNc2ccc(OCC(F)(F)F)c(C(N)=O)c2)nn1. The number of carbonyl (C=O) groups is 1. The molecular formula is C15H18F3N5O2. The van der Waals surface area contributed by atoms with Gasteiger partial charge < -0.3 is 15.8 Å². The molecule has 2 rings (SSSR count). The van der Waals surface area contributed by atoms with E-state index in [4.69, 9.17) is 5.73 Å². The van der Waals surface area contributed by atoms with Crippen LogP contribution in [0.2, 0.25) is 0 Å². The van der Waals surface area contributed by atoms with Gasteiger partial charge in [0.15, 0.2) is 6.61 Å². The van der Waals surface area contributed by atoms with Crippen LogP contribution in [-0.2, 0) is 6.54 Å². The highest BCUT2D eigenvalue weighted by Gasteiger charge is 2.29. The minimum absolute atomic E-state index is 0.139. The van der Waals surface area contributed by atoms with Gasteiger partial charge in [-0.1, -0.05) is 5.21 Å². The molecule has 0 aliphatic carbocycles. The number of ether oxygens (including phenoxy) is 1. The topological polar surface area (TPSA) is 95.1 Å². The highest BCUT2D eigenvalue weighted by atomic mass is 19.4. The fourth-order valence-corrected chi connectivity index (χ4v) is 1.96. The molecule has 136 valence electrons. The first kappa shape index (κ1) is 18.6. The van der Waals surface area contributed by atoms with Gasteiger partial charge in [0.1, 0.15) is 11.4 Å². The molecule has 0 saturated carbocycles. The van der Waals surface area contributed by atoms with Crippen molar-refractivity contribution in [1.29, 1.82) is 0 Å². The number of aromatic nitrogens is 3. The Bertz CT molecular complexity index is 743. The Hall–Kier alpha value is -2.78. The van der Waals surface area contributed by atoms with Crippen molar-refractivity contribution in [2.75, 3.05) is 11.9 Å². The van der Waals surface area contributed by atoms with Gasteiger partial charge in [-0.3, -0.25) is 4.79 Å². The quantitative estimate of drug-likeness (QED) is 0.794. The lowest BCUT2D eigenvalue weighted by Gasteiger charge is -2.13. The van der Waals surface area contributed by atoms with Crippen molar-refractivity contribution in [1.82, 2.24) is 15.0 Å². The van der Waals surface area contributed by atoms with Gasteiger partial charge >= 0.3 is 6.18 Å². The summed E-state index contributed by atoms with van der Waals surface area (Å²) in [6.07, 6.45) is -2.73. The molecule has 1 aromatic carbocycles. The summed E-state index contributed by atoms with van der Waals surface area (Å²) in [5, 5.41) is 11.0. The Morgan fingerprint density at radius 2 is 2.12 bits per heavy atom. The molecule has 1 amide bonds. The average molecular weight is 357 g/mol. The molecule has 10 heteroatoms. The van der Waals surface area contributed by atoms with Crippen LogP contribution in [-0.4, -0.2) is 33.7 Å². The Kier molecular flexibility index (Phi) is 5.50. The predicted octanol–water partition coefficient (Wildman–Crippen LogP) is 2.51. The highest BCUT2D eigenvalue weighted by molar-refractivity contribution is 5.96. The molecule has 0 radical (unpaired) electrons. The monoisotopic (exact) mass is 357 g/mol. The lowest BCUT2D eigenvalue weighted by molar-refractivity contribution is -0.153. The third-order valence-electron chi connectivity index (χ3n) is 3.20. The maximum absolute atomic E-state index is 12.3. The maximum Gasteiger partial charge on any atom is 0.422 e. The van der Waals surface area contributed by atoms with Crippen LogP contribution in [0.4, 0.5) is 18.9 Å². The number of nitrogens with one attached hydrogen (secondary N) is 1. The molecular weight excluding hydrogens is 339 g/mol. The summed E-state index contributed by atoms with van der Waals surface area (Å²) in [7, 11) is 0. The summed E-state index contributed by atoms with van der Waals surface area (Å²) in [5.74, 6) is -1.10. The van der Waals surface area contributed by atoms with E-state index in [-0.39, 0.29) is 17.4 Å². The molecule has 2 aromatic rings. The largest absolute Gasteiger partial charge is 0.483 e. The molecule has 25 heavy (non-hydrogen) atoms. The lowest BCUT2D eigenvalue weighted by Crippen LogP contribution is -2.21. The molecule has 7 nitrogen and oxygen atoms in total. The molecule has 3 N–H and O–H groups in total. The second-order valence-electron chi connectivity index (χ2n) is 5.62. The van der Waals surface area contributed by atoms with E-state index >= 15 is 0 Å². The van der Waals surface area contributed by atoms with E-state index in [0.29, 0.717) is 17.9 Å². The summed E-state index contributed by atoms with van der Waals surface area (Å²) in [4.78, 5) is 11.5. The number of nitrogens with zero attached hydrogens (tertiary/aromatic N) is 3. The molecule has 0 fully saturated rings. The third-order valence-corrected chi connectivity index (χ3v) is 3.20. The van der Waals surface area contributed by atoms with Crippen LogP contribution in [0.15, 0.2) is 24.4 Å². The van der Waals surface area contributed by atoms with E-state index in [1.54, 1.807) is 10.9 Å². The lowest BCUT2D eigenvalue weighted by atomic mass is 10.1. The minimum atomic E-state index is -4.51. The number of hydrogen-bond donors (Lipinski definition) is 2. The van der Waals surface area contributed by atoms with E-state index in [1.807, 2.05) is 13.8 Å². The number of hydrogen-bond acceptors (Lipinski definition) is 5. The van der Waals surface area contributed by atoms with Gasteiger partial charge in [-0.25, -0.2) is 4.68 Å². The number of alkyl halides is 3. The summed E-state index contributed by atoms with van der Waals surface area (Å²) in [5.41, 5.74) is 6.24. The van der Waals surface area contributed by atoms with Crippen molar-refractivity contribution in [3.63, 3.8) is 0 Å². The third kappa shape index (κ3) is 5.37. The molecule has 0 atom stereocenters. The van der Waals surface area contributed by atoms with Gasteiger partial charge in [0, 0.05) is 11.7 Å². The highest BCUT2D eigenvalue weighted by Crippen LogP contribution is 2.25. The summed E-state index contributed by atoms with van der Waals surface area (Å²) in [6, 6.07) is 4.26. The average Bonchev–Trinajstić information content (AvgIpc) is 2.99. The fraction of sp³-hybridized carbons (Fsp3) is 0.400. The smallest absolute Gasteiger partial charge is 0.422 e. The van der Waals surface area contributed by atoms with E-state index < -0.39 is 18.7 Å². The van der Waals surface area contributed by atoms with Crippen molar-refractivity contribution >= 4 is 11.6 Å². The fourth-order valence-electron chi connectivity index (χ4n) is 1.96. The van der Waals surface area contributed by atoms with Crippen LogP contribution < -0.4 is 15.8 Å². The van der Waals surface area contributed by atoms with E-state index in [1.165, 1.54) is 18.2 Å². The van der Waals surface area contributed by atoms with E-state index in [9.17, 15) is 18.0 Å². The number of primary amides is 1. The van der Waals surface area contributed by atoms with Crippen LogP contribution in [0, 0.1) is 0 Å². The number of amides is 1. The summed E-state index contributed by atoms with van der Waals surface area (Å²) in [6.45, 7) is 2.75. The van der Waals surface area contributed by atoms with Gasteiger partial charge in [0.2, 0.25) is 0 Å². The number of halogens is 3. The Morgan fingerprint density at radius 3 is 2.68 bits per heavy atom. The normalized spacial score (nSPS) is 11.6. The first-order valence-corrected chi connectivity index (χ1v) is 7.43. The predicted molar refractivity (Wildman–Crippen MR) is 84.2 cm³/mol. The van der Waals surface area contributed by atoms with E-state index in [2.05, 4.69) is 20.4 Å². The van der Waals surface area contributed by atoms with Gasteiger partial charge in [-0.05, 0) is 32.0 Å². The Labute approximate surface area is 141 Å². The molecule has 0 unspecified atom stereocenters. The Balaban J connectivity index is 2.08. The molecule has 0 aliphatic heterocycles. The number of rotatable bonds is 7. The number of benzene rings is 1. The number of anilines is 1. The van der Waals surface area contributed by atoms with Crippen LogP contribution >= 0.6 is 0 Å². The standard InChI is InChI=1S/C15H18F3N5O2/c1-9(2)23-7-11(21-22-23)6-20-10-3-4-13(12(5-10)14(19)24)25-8-15(16,17)18/h3-5,7,9,20H,6,8H2,1-2H3,(H2,19,24). The summed E-state index contributed by atoms with van der Waals surface area (Å²) >= 11 is 0. The van der Waals surface area contributed by atoms with Crippen LogP contribution in [0.1, 0.15) is 35.9 Å². The molecule has 1 aromatic heterocycles. The molecule has 0 aliphatic rings. The van der Waals surface area contributed by atoms with Crippen molar-refractivity contribution in [3.05, 3.63) is 35.7 Å². The molecule has 0 spiro atoms. The summed E-state index contributed by atoms with van der Waals surface area (Å²) < 4.78 is 43.1. The van der Waals surface area contributed by atoms with Crippen molar-refractivity contribution in [2.45, 2.75) is 32.6 Å². The van der Waals surface area contributed by atoms with Crippen molar-refractivity contribution in [2.24, 2.45) is 5.73 Å². The van der Waals surface area contributed by atoms with Crippen LogP contribution in [0.5, 0.6) is 5.75 Å². The van der Waals surface area contributed by atoms with Crippen molar-refractivity contribution < 1.29 is 22.7 Å². The van der Waals surface area contributed by atoms with Crippen LogP contribution in [0.25, 0.3) is 0 Å². The molecule has 0 saturated heterocycles. The first-order chi connectivity index (χ1) is 11.7. The minimum Gasteiger partial charge on any atom is -0.483 e. The molecule has 0 bridgehead atoms. The Morgan fingerprint density at radius 1 is 1.40 bits per heavy atom. The zero-order chi connectivity index (χ0) is 18.6. The van der Waals surface area contributed by atoms with Gasteiger partial charge in [-0.2, -0.15) is 13.2 Å². The van der Waals surface area contributed by atoms with Gasteiger partial charge in [0.05, 0.1) is 18.3 Å². The zero-order valence-electron chi connectivity index (χ0n) is 13.7. The second kappa shape index (κ2) is 7.41. The van der Waals surface area contributed by atoms with E-state index in [0.717, 1.165) is 0 Å². The number of carbonyl (C=O) groups excluding carboxylic acids is 1. The van der Waals surface area contributed by atoms with Crippen LogP contribution in [0.3, 0.4) is 0 Å².